The molecule has 0 saturated heterocycles. The molecular formula is C31H54N10O14. The van der Waals surface area contributed by atoms with Crippen molar-refractivity contribution >= 4 is 59.3 Å². The van der Waals surface area contributed by atoms with E-state index in [1.54, 1.807) is 13.8 Å². The second-order valence-electron chi connectivity index (χ2n) is 12.6. The first-order valence-corrected chi connectivity index (χ1v) is 17.1. The summed E-state index contributed by atoms with van der Waals surface area (Å²) in [5.41, 5.74) is 16.5. The normalized spacial score (nSPS) is 15.8. The van der Waals surface area contributed by atoms with Gasteiger partial charge in [-0.25, -0.2) is 4.79 Å². The summed E-state index contributed by atoms with van der Waals surface area (Å²) < 4.78 is 0. The Balaban J connectivity index is 5.93. The third-order valence-electron chi connectivity index (χ3n) is 8.04. The summed E-state index contributed by atoms with van der Waals surface area (Å²) in [6.07, 6.45) is -3.24. The molecule has 24 nitrogen and oxygen atoms in total. The van der Waals surface area contributed by atoms with Crippen LogP contribution in [0.1, 0.15) is 66.2 Å². The molecule has 0 fully saturated rings. The summed E-state index contributed by atoms with van der Waals surface area (Å²) in [6, 6.07) is -11.1. The van der Waals surface area contributed by atoms with Crippen LogP contribution in [0.2, 0.25) is 0 Å². The second-order valence-corrected chi connectivity index (χ2v) is 12.6. The topological polar surface area (TPSA) is 417 Å². The van der Waals surface area contributed by atoms with Crippen molar-refractivity contribution in [3.63, 3.8) is 0 Å². The predicted octanol–water partition coefficient (Wildman–Crippen LogP) is -5.86. The van der Waals surface area contributed by atoms with Crippen molar-refractivity contribution in [1.82, 2.24) is 31.9 Å². The van der Waals surface area contributed by atoms with E-state index in [4.69, 9.17) is 22.3 Å². The first-order chi connectivity index (χ1) is 25.5. The molecular weight excluding hydrogens is 736 g/mol. The summed E-state index contributed by atoms with van der Waals surface area (Å²) in [5.74, 6) is -11.5. The number of hydrogen-bond donors (Lipinski definition) is 14. The molecule has 0 heterocycles. The number of aliphatic carboxylic acids is 3. The number of carboxylic acids is 3. The van der Waals surface area contributed by atoms with Crippen molar-refractivity contribution < 1.29 is 68.7 Å². The lowest BCUT2D eigenvalue weighted by Gasteiger charge is -2.26. The number of guanidine groups is 1. The quantitative estimate of drug-likeness (QED) is 0.0220. The molecule has 312 valence electrons. The van der Waals surface area contributed by atoms with Crippen LogP contribution < -0.4 is 49.1 Å². The van der Waals surface area contributed by atoms with Gasteiger partial charge in [0.2, 0.25) is 35.4 Å². The zero-order chi connectivity index (χ0) is 42.6. The number of carbonyl (C=O) groups excluding carboxylic acids is 6. The van der Waals surface area contributed by atoms with Gasteiger partial charge in [0.1, 0.15) is 30.2 Å². The van der Waals surface area contributed by atoms with Gasteiger partial charge < -0.3 is 74.6 Å². The van der Waals surface area contributed by atoms with Crippen LogP contribution in [0.25, 0.3) is 0 Å². The van der Waals surface area contributed by atoms with Crippen LogP contribution in [0.15, 0.2) is 4.99 Å². The molecule has 0 unspecified atom stereocenters. The Bertz CT molecular complexity index is 1410. The highest BCUT2D eigenvalue weighted by atomic mass is 16.4. The maximum Gasteiger partial charge on any atom is 0.328 e. The highest BCUT2D eigenvalue weighted by Gasteiger charge is 2.34. The molecule has 0 aliphatic heterocycles. The highest BCUT2D eigenvalue weighted by Crippen LogP contribution is 2.08. The summed E-state index contributed by atoms with van der Waals surface area (Å²) in [4.78, 5) is 116. The number of rotatable bonds is 26. The van der Waals surface area contributed by atoms with Crippen LogP contribution >= 0.6 is 0 Å². The molecule has 55 heavy (non-hydrogen) atoms. The number of nitrogens with one attached hydrogen (secondary N) is 6. The van der Waals surface area contributed by atoms with Crippen molar-refractivity contribution in [3.05, 3.63) is 0 Å². The number of hydrogen-bond acceptors (Lipinski definition) is 13. The summed E-state index contributed by atoms with van der Waals surface area (Å²) in [7, 11) is 0. The SMILES string of the molecule is CC[C@H](C)[C@H](N)C(=O)N[C@@H](CCC(=O)O)C(=O)N[C@@H](CO)C(=O)N[C@@H](C)C(=O)N[C@@H](CC(=O)O)C(=O)N[C@@H](CCCN=C(N)N)C(=O)N[C@H](C(=O)O)[C@@H](C)O. The lowest BCUT2D eigenvalue weighted by molar-refractivity contribution is -0.145. The van der Waals surface area contributed by atoms with Crippen LogP contribution in [-0.2, 0) is 43.2 Å². The maximum atomic E-state index is 13.2. The lowest BCUT2D eigenvalue weighted by Crippen LogP contribution is -2.60. The average Bonchev–Trinajstić information content (AvgIpc) is 3.09. The molecule has 24 heteroatoms. The summed E-state index contributed by atoms with van der Waals surface area (Å²) in [5, 5.41) is 60.5. The Morgan fingerprint density at radius 2 is 1.15 bits per heavy atom. The molecule has 0 spiro atoms. The third kappa shape index (κ3) is 18.8. The van der Waals surface area contributed by atoms with Gasteiger partial charge in [0, 0.05) is 13.0 Å². The van der Waals surface area contributed by atoms with Crippen LogP contribution in [0.3, 0.4) is 0 Å². The molecule has 0 radical (unpaired) electrons. The monoisotopic (exact) mass is 790 g/mol. The number of carboxylic acid groups (broad SMARTS) is 3. The molecule has 0 saturated carbocycles. The molecule has 0 aromatic rings. The first-order valence-electron chi connectivity index (χ1n) is 17.1. The molecule has 17 N–H and O–H groups in total. The Morgan fingerprint density at radius 3 is 1.64 bits per heavy atom. The van der Waals surface area contributed by atoms with Crippen LogP contribution in [0.4, 0.5) is 0 Å². The van der Waals surface area contributed by atoms with Gasteiger partial charge in [0.15, 0.2) is 12.0 Å². The molecule has 0 bridgehead atoms. The van der Waals surface area contributed by atoms with Crippen molar-refractivity contribution in [2.45, 2.75) is 115 Å². The second kappa shape index (κ2) is 24.6. The molecule has 0 aromatic carbocycles. The highest BCUT2D eigenvalue weighted by molar-refractivity contribution is 5.98. The fourth-order valence-corrected chi connectivity index (χ4v) is 4.53. The number of aliphatic imine (C=N–C) groups is 1. The van der Waals surface area contributed by atoms with Crippen molar-refractivity contribution in [2.24, 2.45) is 28.1 Å². The summed E-state index contributed by atoms with van der Waals surface area (Å²) >= 11 is 0. The fraction of sp³-hybridized carbons (Fsp3) is 0.677. The smallest absolute Gasteiger partial charge is 0.328 e. The third-order valence-corrected chi connectivity index (χ3v) is 8.04. The maximum absolute atomic E-state index is 13.2. The van der Waals surface area contributed by atoms with Crippen molar-refractivity contribution in [3.8, 4) is 0 Å². The van der Waals surface area contributed by atoms with E-state index in [0.717, 1.165) is 13.8 Å². The Labute approximate surface area is 315 Å². The van der Waals surface area contributed by atoms with Gasteiger partial charge in [-0.2, -0.15) is 0 Å². The minimum absolute atomic E-state index is 0.0352. The molecule has 0 aliphatic carbocycles. The number of nitrogens with two attached hydrogens (primary N) is 3. The van der Waals surface area contributed by atoms with Gasteiger partial charge in [-0.15, -0.1) is 0 Å². The minimum atomic E-state index is -1.88. The van der Waals surface area contributed by atoms with Crippen LogP contribution in [-0.4, -0.2) is 146 Å². The molecule has 0 rings (SSSR count). The minimum Gasteiger partial charge on any atom is -0.481 e. The van der Waals surface area contributed by atoms with Crippen LogP contribution in [0, 0.1) is 5.92 Å². The molecule has 0 aliphatic rings. The number of nitrogens with zero attached hydrogens (tertiary/aromatic N) is 1. The van der Waals surface area contributed by atoms with Gasteiger partial charge in [-0.1, -0.05) is 20.3 Å². The van der Waals surface area contributed by atoms with E-state index in [0.29, 0.717) is 6.42 Å². The Kier molecular flexibility index (Phi) is 22.1. The number of carbonyl (C=O) groups is 9. The average molecular weight is 791 g/mol. The van der Waals surface area contributed by atoms with Gasteiger partial charge >= 0.3 is 17.9 Å². The van der Waals surface area contributed by atoms with Gasteiger partial charge in [-0.05, 0) is 39.0 Å². The van der Waals surface area contributed by atoms with Gasteiger partial charge in [-0.3, -0.25) is 43.3 Å². The van der Waals surface area contributed by atoms with E-state index >= 15 is 0 Å². The Morgan fingerprint density at radius 1 is 0.655 bits per heavy atom. The molecule has 0 aromatic heterocycles. The fourth-order valence-electron chi connectivity index (χ4n) is 4.53. The van der Waals surface area contributed by atoms with Crippen molar-refractivity contribution in [2.75, 3.05) is 13.2 Å². The number of aliphatic hydroxyl groups is 2. The standard InChI is InChI=1S/C31H54N10O14/c1-5-13(2)22(32)29(53)38-17(8-9-20(44)45)25(49)40-19(12-42)28(52)36-14(3)24(48)39-18(11-21(46)47)27(51)37-16(7-6-10-35-31(33)34)26(50)41-23(15(4)43)30(54)55/h13-19,22-23,42-43H,5-12,32H2,1-4H3,(H,36,52)(H,37,51)(H,38,53)(H,39,48)(H,40,49)(H,41,50)(H,44,45)(H,46,47)(H,54,55)(H4,33,34,35)/t13-,14-,15+,16-,17-,18-,19-,22-,23-/m0/s1. The van der Waals surface area contributed by atoms with E-state index in [-0.39, 0.29) is 31.3 Å². The zero-order valence-electron chi connectivity index (χ0n) is 30.9. The zero-order valence-corrected chi connectivity index (χ0v) is 30.9. The largest absolute Gasteiger partial charge is 0.481 e. The lowest BCUT2D eigenvalue weighted by atomic mass is 9.98. The Hall–Kier alpha value is -5.62. The van der Waals surface area contributed by atoms with E-state index in [2.05, 4.69) is 36.9 Å². The molecule has 6 amide bonds. The van der Waals surface area contributed by atoms with E-state index in [1.165, 1.54) is 0 Å². The van der Waals surface area contributed by atoms with Gasteiger partial charge in [0.05, 0.1) is 25.2 Å². The van der Waals surface area contributed by atoms with Crippen LogP contribution in [0.5, 0.6) is 0 Å². The van der Waals surface area contributed by atoms with Crippen molar-refractivity contribution in [1.29, 1.82) is 0 Å². The summed E-state index contributed by atoms with van der Waals surface area (Å²) in [6.45, 7) is 4.58. The number of aliphatic hydroxyl groups excluding tert-OH is 2. The van der Waals surface area contributed by atoms with E-state index < -0.39 is 128 Å². The predicted molar refractivity (Wildman–Crippen MR) is 190 cm³/mol. The first kappa shape index (κ1) is 49.4. The van der Waals surface area contributed by atoms with Gasteiger partial charge in [0.25, 0.3) is 0 Å². The number of amides is 6. The molecule has 9 atom stereocenters. The van der Waals surface area contributed by atoms with E-state index in [1.807, 2.05) is 0 Å². The van der Waals surface area contributed by atoms with E-state index in [9.17, 15) is 63.6 Å².